The van der Waals surface area contributed by atoms with Crippen molar-refractivity contribution in [1.29, 1.82) is 0 Å². The number of hydrogen-bond donors (Lipinski definition) is 1. The van der Waals surface area contributed by atoms with E-state index in [1.807, 2.05) is 52.0 Å². The maximum Gasteiger partial charge on any atom is 0.270 e. The summed E-state index contributed by atoms with van der Waals surface area (Å²) in [6.07, 6.45) is 2.65. The van der Waals surface area contributed by atoms with Gasteiger partial charge in [-0.25, -0.2) is 0 Å². The fourth-order valence-corrected chi connectivity index (χ4v) is 4.50. The van der Waals surface area contributed by atoms with Gasteiger partial charge in [0.05, 0.1) is 5.69 Å². The Bertz CT molecular complexity index is 1320. The minimum absolute atomic E-state index is 0.0612. The highest BCUT2D eigenvalue weighted by Gasteiger charge is 2.35. The van der Waals surface area contributed by atoms with Crippen LogP contribution in [-0.2, 0) is 16.0 Å². The van der Waals surface area contributed by atoms with Gasteiger partial charge < -0.3 is 4.57 Å². The van der Waals surface area contributed by atoms with Crippen molar-refractivity contribution in [3.8, 4) is 5.69 Å². The number of carbonyl (C=O) groups is 2. The standard InChI is InChI=1S/C27H27N3O2S/c1-6-20-10-12-22(13-11-20)29-17(3)14-21(19(29)5)15-23-25(31)28-27(33)30(26(23)32)24-9-7-8-16(2)18(24)4/h7-15H,6H2,1-5H3,(H,28,31,33)/b23-15+. The second kappa shape index (κ2) is 8.79. The molecular weight excluding hydrogens is 430 g/mol. The van der Waals surface area contributed by atoms with Crippen LogP contribution in [0.5, 0.6) is 0 Å². The molecule has 2 heterocycles. The van der Waals surface area contributed by atoms with Crippen LogP contribution in [0, 0.1) is 27.7 Å². The molecule has 1 saturated heterocycles. The van der Waals surface area contributed by atoms with Crippen LogP contribution in [0.3, 0.4) is 0 Å². The SMILES string of the molecule is CCc1ccc(-n2c(C)cc(/C=C3\C(=O)NC(=S)N(c4cccc(C)c4C)C3=O)c2C)cc1. The van der Waals surface area contributed by atoms with Gasteiger partial charge in [-0.1, -0.05) is 31.2 Å². The lowest BCUT2D eigenvalue weighted by atomic mass is 10.0. The molecule has 0 saturated carbocycles. The lowest BCUT2D eigenvalue weighted by Gasteiger charge is -2.30. The summed E-state index contributed by atoms with van der Waals surface area (Å²) in [4.78, 5) is 27.6. The van der Waals surface area contributed by atoms with E-state index in [0.29, 0.717) is 5.69 Å². The first-order valence-corrected chi connectivity index (χ1v) is 11.4. The summed E-state index contributed by atoms with van der Waals surface area (Å²) >= 11 is 5.36. The van der Waals surface area contributed by atoms with Crippen molar-refractivity contribution in [2.45, 2.75) is 41.0 Å². The molecule has 33 heavy (non-hydrogen) atoms. The highest BCUT2D eigenvalue weighted by atomic mass is 32.1. The molecule has 1 aliphatic rings. The number of carbonyl (C=O) groups excluding carboxylic acids is 2. The van der Waals surface area contributed by atoms with E-state index in [9.17, 15) is 9.59 Å². The van der Waals surface area contributed by atoms with Gasteiger partial charge in [-0.2, -0.15) is 0 Å². The molecule has 0 bridgehead atoms. The summed E-state index contributed by atoms with van der Waals surface area (Å²) in [5.74, 6) is -0.904. The minimum Gasteiger partial charge on any atom is -0.318 e. The molecule has 0 spiro atoms. The summed E-state index contributed by atoms with van der Waals surface area (Å²) in [6.45, 7) is 10.1. The monoisotopic (exact) mass is 457 g/mol. The van der Waals surface area contributed by atoms with Crippen LogP contribution in [-0.4, -0.2) is 21.5 Å². The quantitative estimate of drug-likeness (QED) is 0.337. The second-order valence-electron chi connectivity index (χ2n) is 8.36. The van der Waals surface area contributed by atoms with Crippen molar-refractivity contribution < 1.29 is 9.59 Å². The van der Waals surface area contributed by atoms with E-state index in [1.165, 1.54) is 10.5 Å². The summed E-state index contributed by atoms with van der Waals surface area (Å²) in [6, 6.07) is 16.1. The van der Waals surface area contributed by atoms with Gasteiger partial charge in [0.2, 0.25) is 0 Å². The van der Waals surface area contributed by atoms with Crippen LogP contribution in [0.25, 0.3) is 11.8 Å². The molecule has 3 aromatic rings. The van der Waals surface area contributed by atoms with E-state index < -0.39 is 11.8 Å². The molecule has 1 N–H and O–H groups in total. The van der Waals surface area contributed by atoms with Crippen LogP contribution in [0.2, 0.25) is 0 Å². The third-order valence-electron chi connectivity index (χ3n) is 6.29. The number of nitrogens with zero attached hydrogens (tertiary/aromatic N) is 2. The number of benzene rings is 2. The average molecular weight is 458 g/mol. The topological polar surface area (TPSA) is 54.3 Å². The zero-order valence-electron chi connectivity index (χ0n) is 19.5. The van der Waals surface area contributed by atoms with E-state index >= 15 is 0 Å². The smallest absolute Gasteiger partial charge is 0.270 e. The minimum atomic E-state index is -0.483. The molecule has 168 valence electrons. The fraction of sp³-hybridized carbons (Fsp3) is 0.222. The number of rotatable bonds is 4. The number of hydrogen-bond acceptors (Lipinski definition) is 3. The van der Waals surface area contributed by atoms with Crippen molar-refractivity contribution in [2.24, 2.45) is 0 Å². The van der Waals surface area contributed by atoms with E-state index in [4.69, 9.17) is 12.2 Å². The number of aromatic nitrogens is 1. The third-order valence-corrected chi connectivity index (χ3v) is 6.58. The van der Waals surface area contributed by atoms with Gasteiger partial charge in [0, 0.05) is 17.1 Å². The van der Waals surface area contributed by atoms with Crippen LogP contribution >= 0.6 is 12.2 Å². The Hall–Kier alpha value is -3.51. The van der Waals surface area contributed by atoms with Crippen molar-refractivity contribution in [3.05, 3.63) is 87.7 Å². The number of aryl methyl sites for hydroxylation is 3. The van der Waals surface area contributed by atoms with Crippen LogP contribution in [0.1, 0.15) is 40.6 Å². The first-order valence-electron chi connectivity index (χ1n) is 11.0. The Morgan fingerprint density at radius 2 is 1.70 bits per heavy atom. The second-order valence-corrected chi connectivity index (χ2v) is 8.75. The van der Waals surface area contributed by atoms with Gasteiger partial charge >= 0.3 is 0 Å². The Morgan fingerprint density at radius 1 is 1.00 bits per heavy atom. The zero-order chi connectivity index (χ0) is 23.9. The normalized spacial score (nSPS) is 15.4. The molecule has 4 rings (SSSR count). The molecule has 5 nitrogen and oxygen atoms in total. The van der Waals surface area contributed by atoms with E-state index in [2.05, 4.69) is 41.1 Å². The molecular formula is C27H27N3O2S. The molecule has 1 aliphatic heterocycles. The van der Waals surface area contributed by atoms with Crippen LogP contribution in [0.15, 0.2) is 54.1 Å². The summed E-state index contributed by atoms with van der Waals surface area (Å²) in [7, 11) is 0. The molecule has 1 fully saturated rings. The van der Waals surface area contributed by atoms with Gasteiger partial charge in [-0.3, -0.25) is 19.8 Å². The van der Waals surface area contributed by atoms with Crippen LogP contribution < -0.4 is 10.2 Å². The first kappa shape index (κ1) is 22.7. The average Bonchev–Trinajstić information content (AvgIpc) is 3.06. The predicted octanol–water partition coefficient (Wildman–Crippen LogP) is 5.10. The van der Waals surface area contributed by atoms with Crippen molar-refractivity contribution in [1.82, 2.24) is 9.88 Å². The van der Waals surface area contributed by atoms with Crippen LogP contribution in [0.4, 0.5) is 5.69 Å². The zero-order valence-corrected chi connectivity index (χ0v) is 20.3. The summed E-state index contributed by atoms with van der Waals surface area (Å²) < 4.78 is 2.13. The molecule has 1 aromatic heterocycles. The molecule has 6 heteroatoms. The molecule has 0 unspecified atom stereocenters. The molecule has 0 aliphatic carbocycles. The lowest BCUT2D eigenvalue weighted by Crippen LogP contribution is -2.54. The molecule has 2 aromatic carbocycles. The highest BCUT2D eigenvalue weighted by Crippen LogP contribution is 2.29. The number of amides is 2. The van der Waals surface area contributed by atoms with Gasteiger partial charge in [0.1, 0.15) is 5.57 Å². The highest BCUT2D eigenvalue weighted by molar-refractivity contribution is 7.80. The Kier molecular flexibility index (Phi) is 6.04. The maximum atomic E-state index is 13.5. The summed E-state index contributed by atoms with van der Waals surface area (Å²) in [5.41, 5.74) is 7.84. The summed E-state index contributed by atoms with van der Waals surface area (Å²) in [5, 5.41) is 2.78. The number of anilines is 1. The predicted molar refractivity (Wildman–Crippen MR) is 137 cm³/mol. The molecule has 2 amide bonds. The van der Waals surface area contributed by atoms with Crippen molar-refractivity contribution in [2.75, 3.05) is 4.90 Å². The molecule has 0 radical (unpaired) electrons. The van der Waals surface area contributed by atoms with E-state index in [0.717, 1.165) is 40.2 Å². The lowest BCUT2D eigenvalue weighted by molar-refractivity contribution is -0.122. The largest absolute Gasteiger partial charge is 0.318 e. The molecule has 0 atom stereocenters. The third kappa shape index (κ3) is 4.02. The Labute approximate surface area is 199 Å². The van der Waals surface area contributed by atoms with Gasteiger partial charge in [0.15, 0.2) is 5.11 Å². The Morgan fingerprint density at radius 3 is 2.36 bits per heavy atom. The van der Waals surface area contributed by atoms with Crippen molar-refractivity contribution in [3.63, 3.8) is 0 Å². The van der Waals surface area contributed by atoms with E-state index in [-0.39, 0.29) is 10.7 Å². The first-order chi connectivity index (χ1) is 15.7. The van der Waals surface area contributed by atoms with E-state index in [1.54, 1.807) is 6.08 Å². The van der Waals surface area contributed by atoms with Gasteiger partial charge in [0.25, 0.3) is 11.8 Å². The maximum absolute atomic E-state index is 13.5. The number of thiocarbonyl (C=S) groups is 1. The van der Waals surface area contributed by atoms with Gasteiger partial charge in [-0.15, -0.1) is 0 Å². The number of nitrogens with one attached hydrogen (secondary N) is 1. The Balaban J connectivity index is 1.76. The van der Waals surface area contributed by atoms with Gasteiger partial charge in [-0.05, 0) is 98.9 Å². The fourth-order valence-electron chi connectivity index (χ4n) is 4.22. The van der Waals surface area contributed by atoms with Crippen molar-refractivity contribution >= 4 is 40.9 Å².